The predicted molar refractivity (Wildman–Crippen MR) is 261 cm³/mol. The van der Waals surface area contributed by atoms with E-state index in [1.165, 1.54) is 130 Å². The second-order valence-electron chi connectivity index (χ2n) is 17.2. The Kier molecular flexibility index (Phi) is 7.04. The summed E-state index contributed by atoms with van der Waals surface area (Å²) >= 11 is 1.93. The van der Waals surface area contributed by atoms with E-state index in [-0.39, 0.29) is 5.41 Å². The van der Waals surface area contributed by atoms with Crippen molar-refractivity contribution in [1.29, 1.82) is 0 Å². The van der Waals surface area contributed by atoms with Gasteiger partial charge in [-0.25, -0.2) is 0 Å². The Bertz CT molecular complexity index is 3750. The van der Waals surface area contributed by atoms with Crippen LogP contribution in [0, 0.1) is 0 Å². The molecule has 0 amide bonds. The molecule has 13 rings (SSSR count). The normalized spacial score (nSPS) is 13.3. The Morgan fingerprint density at radius 3 is 1.47 bits per heavy atom. The van der Waals surface area contributed by atoms with Crippen LogP contribution in [0.2, 0.25) is 0 Å². The highest BCUT2D eigenvalue weighted by atomic mass is 32.1. The highest BCUT2D eigenvalue weighted by molar-refractivity contribution is 7.26. The van der Waals surface area contributed by atoms with Gasteiger partial charge in [-0.15, -0.1) is 11.3 Å². The quantitative estimate of drug-likeness (QED) is 0.157. The van der Waals surface area contributed by atoms with Crippen LogP contribution in [-0.4, -0.2) is 0 Å². The van der Waals surface area contributed by atoms with E-state index in [0.717, 1.165) is 0 Å². The molecule has 0 bridgehead atoms. The van der Waals surface area contributed by atoms with Crippen molar-refractivity contribution in [2.45, 2.75) is 19.3 Å². The number of thiophene rings is 1. The van der Waals surface area contributed by atoms with Crippen LogP contribution >= 0.6 is 11.3 Å². The summed E-state index contributed by atoms with van der Waals surface area (Å²) in [7, 11) is 0. The van der Waals surface area contributed by atoms with Gasteiger partial charge in [0.05, 0.1) is 0 Å². The topological polar surface area (TPSA) is 0 Å². The van der Waals surface area contributed by atoms with Crippen LogP contribution in [0.3, 0.4) is 0 Å². The van der Waals surface area contributed by atoms with E-state index < -0.39 is 0 Å². The van der Waals surface area contributed by atoms with E-state index in [1.807, 2.05) is 11.3 Å². The Hall–Kier alpha value is -7.06. The average molecular weight is 779 g/mol. The van der Waals surface area contributed by atoms with Crippen molar-refractivity contribution < 1.29 is 0 Å². The van der Waals surface area contributed by atoms with Gasteiger partial charge in [-0.2, -0.15) is 0 Å². The van der Waals surface area contributed by atoms with Gasteiger partial charge in [0.25, 0.3) is 0 Å². The molecule has 11 aromatic carbocycles. The molecule has 0 nitrogen and oxygen atoms in total. The van der Waals surface area contributed by atoms with Crippen LogP contribution in [0.15, 0.2) is 194 Å². The third kappa shape index (κ3) is 4.79. The van der Waals surface area contributed by atoms with E-state index in [2.05, 4.69) is 208 Å². The van der Waals surface area contributed by atoms with Gasteiger partial charge >= 0.3 is 0 Å². The van der Waals surface area contributed by atoms with Crippen LogP contribution in [0.4, 0.5) is 0 Å². The molecule has 0 fully saturated rings. The minimum absolute atomic E-state index is 0.0311. The zero-order valence-corrected chi connectivity index (χ0v) is 34.2. The van der Waals surface area contributed by atoms with E-state index >= 15 is 0 Å². The molecule has 60 heavy (non-hydrogen) atoms. The largest absolute Gasteiger partial charge is 0.135 e. The first-order valence-corrected chi connectivity index (χ1v) is 21.8. The standard InChI is InChI=1S/C59H38S/c1-59(2)52-22-12-11-16-43(52)50-34-54-51(32-53(50)59)58-44-17-6-5-15-42(44)49(33-55(58)60-54)39-26-24-38-31-41(28-25-37(38)29-39)57-47-20-9-7-18-45(47)56(46-19-8-10-21-48(46)57)40-27-23-35-13-3-4-14-36(35)30-40/h3-34H,1-2H3. The molecule has 1 aliphatic carbocycles. The maximum Gasteiger partial charge on any atom is 0.0368 e. The molecular formula is C59H38S. The number of hydrogen-bond donors (Lipinski definition) is 0. The smallest absolute Gasteiger partial charge is 0.0368 e. The molecule has 0 aliphatic heterocycles. The Labute approximate surface area is 352 Å². The minimum atomic E-state index is -0.0311. The van der Waals surface area contributed by atoms with Crippen molar-refractivity contribution in [2.75, 3.05) is 0 Å². The molecule has 280 valence electrons. The molecule has 0 saturated carbocycles. The molecule has 1 aliphatic rings. The first-order valence-electron chi connectivity index (χ1n) is 21.0. The third-order valence-corrected chi connectivity index (χ3v) is 14.7. The molecule has 12 aromatic rings. The first kappa shape index (κ1) is 33.9. The van der Waals surface area contributed by atoms with Crippen LogP contribution < -0.4 is 0 Å². The summed E-state index contributed by atoms with van der Waals surface area (Å²) in [5.41, 5.74) is 13.2. The molecule has 0 saturated heterocycles. The van der Waals surface area contributed by atoms with E-state index in [4.69, 9.17) is 0 Å². The predicted octanol–water partition coefficient (Wildman–Crippen LogP) is 17.1. The summed E-state index contributed by atoms with van der Waals surface area (Å²) in [5.74, 6) is 0. The molecule has 0 radical (unpaired) electrons. The fourth-order valence-electron chi connectivity index (χ4n) is 10.7. The average Bonchev–Trinajstić information content (AvgIpc) is 3.77. The van der Waals surface area contributed by atoms with Crippen molar-refractivity contribution in [3.8, 4) is 44.5 Å². The molecule has 0 spiro atoms. The monoisotopic (exact) mass is 778 g/mol. The number of hydrogen-bond acceptors (Lipinski definition) is 1. The lowest BCUT2D eigenvalue weighted by atomic mass is 9.82. The highest BCUT2D eigenvalue weighted by Gasteiger charge is 2.36. The first-order chi connectivity index (χ1) is 29.5. The van der Waals surface area contributed by atoms with Gasteiger partial charge in [0.2, 0.25) is 0 Å². The molecule has 0 N–H and O–H groups in total. The molecule has 1 aromatic heterocycles. The summed E-state index contributed by atoms with van der Waals surface area (Å²) in [6.07, 6.45) is 0. The lowest BCUT2D eigenvalue weighted by Gasteiger charge is -2.21. The fraction of sp³-hybridized carbons (Fsp3) is 0.0508. The molecule has 1 heteroatoms. The van der Waals surface area contributed by atoms with Gasteiger partial charge in [0.1, 0.15) is 0 Å². The minimum Gasteiger partial charge on any atom is -0.135 e. The molecule has 0 atom stereocenters. The van der Waals surface area contributed by atoms with Crippen LogP contribution in [0.5, 0.6) is 0 Å². The van der Waals surface area contributed by atoms with E-state index in [1.54, 1.807) is 0 Å². The van der Waals surface area contributed by atoms with Gasteiger partial charge < -0.3 is 0 Å². The van der Waals surface area contributed by atoms with Gasteiger partial charge in [-0.1, -0.05) is 172 Å². The van der Waals surface area contributed by atoms with E-state index in [9.17, 15) is 0 Å². The van der Waals surface area contributed by atoms with Crippen LogP contribution in [0.25, 0.3) is 119 Å². The van der Waals surface area contributed by atoms with Crippen molar-refractivity contribution in [3.05, 3.63) is 205 Å². The van der Waals surface area contributed by atoms with Crippen molar-refractivity contribution >= 4 is 85.4 Å². The second-order valence-corrected chi connectivity index (χ2v) is 18.3. The van der Waals surface area contributed by atoms with Crippen LogP contribution in [-0.2, 0) is 5.41 Å². The Morgan fingerprint density at radius 1 is 0.317 bits per heavy atom. The second kappa shape index (κ2) is 12.5. The lowest BCUT2D eigenvalue weighted by molar-refractivity contribution is 0.661. The fourth-order valence-corrected chi connectivity index (χ4v) is 11.9. The van der Waals surface area contributed by atoms with Gasteiger partial charge in [0.15, 0.2) is 0 Å². The van der Waals surface area contributed by atoms with Crippen molar-refractivity contribution in [1.82, 2.24) is 0 Å². The zero-order chi connectivity index (χ0) is 39.7. The molecule has 0 unspecified atom stereocenters. The maximum absolute atomic E-state index is 2.51. The van der Waals surface area contributed by atoms with Gasteiger partial charge in [-0.05, 0) is 146 Å². The Balaban J connectivity index is 0.962. The Morgan fingerprint density at radius 2 is 0.800 bits per heavy atom. The summed E-state index contributed by atoms with van der Waals surface area (Å²) in [4.78, 5) is 0. The summed E-state index contributed by atoms with van der Waals surface area (Å²) in [5, 5.41) is 15.5. The summed E-state index contributed by atoms with van der Waals surface area (Å²) in [6, 6.07) is 73.0. The van der Waals surface area contributed by atoms with Crippen molar-refractivity contribution in [2.24, 2.45) is 0 Å². The van der Waals surface area contributed by atoms with Gasteiger partial charge in [0, 0.05) is 25.6 Å². The number of benzene rings is 11. The van der Waals surface area contributed by atoms with E-state index in [0.29, 0.717) is 0 Å². The molecule has 1 heterocycles. The van der Waals surface area contributed by atoms with Gasteiger partial charge in [-0.3, -0.25) is 0 Å². The maximum atomic E-state index is 2.51. The third-order valence-electron chi connectivity index (χ3n) is 13.6. The molecular weight excluding hydrogens is 741 g/mol. The SMILES string of the molecule is CC1(C)c2ccccc2-c2cc3sc4cc(-c5ccc6cc(-c7c8ccccc8c(-c8ccc9ccccc9c8)c8ccccc78)ccc6c5)c5ccccc5c4c3cc21. The summed E-state index contributed by atoms with van der Waals surface area (Å²) < 4.78 is 2.70. The zero-order valence-electron chi connectivity index (χ0n) is 33.4. The summed E-state index contributed by atoms with van der Waals surface area (Å²) in [6.45, 7) is 4.76. The number of rotatable bonds is 3. The lowest BCUT2D eigenvalue weighted by Crippen LogP contribution is -2.14. The number of fused-ring (bicyclic) bond motifs is 12. The van der Waals surface area contributed by atoms with Crippen molar-refractivity contribution in [3.63, 3.8) is 0 Å². The van der Waals surface area contributed by atoms with Crippen LogP contribution in [0.1, 0.15) is 25.0 Å². The highest BCUT2D eigenvalue weighted by Crippen LogP contribution is 2.53.